The van der Waals surface area contributed by atoms with Crippen LogP contribution < -0.4 is 16.0 Å². The number of hydrogen-bond donors (Lipinski definition) is 3. The van der Waals surface area contributed by atoms with Crippen LogP contribution in [0.4, 0.5) is 10.5 Å². The lowest BCUT2D eigenvalue weighted by molar-refractivity contribution is 0.251. The smallest absolute Gasteiger partial charge is 0.319 e. The average molecular weight is 288 g/mol. The van der Waals surface area contributed by atoms with Gasteiger partial charge in [0.1, 0.15) is 0 Å². The molecule has 0 spiro atoms. The van der Waals surface area contributed by atoms with E-state index in [1.54, 1.807) is 18.2 Å². The number of hydrogen-bond acceptors (Lipinski definition) is 2. The molecule has 4 nitrogen and oxygen atoms in total. The van der Waals surface area contributed by atoms with E-state index in [-0.39, 0.29) is 6.03 Å². The van der Waals surface area contributed by atoms with E-state index in [0.717, 1.165) is 19.4 Å². The second-order valence-electron chi connectivity index (χ2n) is 4.29. The zero-order valence-electron chi connectivity index (χ0n) is 9.80. The van der Waals surface area contributed by atoms with E-state index in [1.165, 1.54) is 0 Å². The quantitative estimate of drug-likeness (QED) is 0.801. The highest BCUT2D eigenvalue weighted by Crippen LogP contribution is 2.22. The molecule has 0 aromatic heterocycles. The lowest BCUT2D eigenvalue weighted by Gasteiger charge is -2.12. The standard InChI is InChI=1S/C12H15Cl2N3O/c13-8-4-9(14)6-11(5-8)17-12(18)16-7-10-2-1-3-15-10/h4-6,10,15H,1-3,7H2,(H2,16,17,18). The van der Waals surface area contributed by atoms with Gasteiger partial charge in [0.15, 0.2) is 0 Å². The van der Waals surface area contributed by atoms with Crippen molar-refractivity contribution in [2.75, 3.05) is 18.4 Å². The molecule has 98 valence electrons. The number of anilines is 1. The molecule has 0 saturated carbocycles. The number of halogens is 2. The minimum Gasteiger partial charge on any atom is -0.336 e. The Hall–Kier alpha value is -0.970. The van der Waals surface area contributed by atoms with Crippen molar-refractivity contribution in [1.82, 2.24) is 10.6 Å². The lowest BCUT2D eigenvalue weighted by Crippen LogP contribution is -2.39. The van der Waals surface area contributed by atoms with Crippen molar-refractivity contribution in [1.29, 1.82) is 0 Å². The van der Waals surface area contributed by atoms with Crippen LogP contribution >= 0.6 is 23.2 Å². The lowest BCUT2D eigenvalue weighted by atomic mass is 10.2. The van der Waals surface area contributed by atoms with Crippen LogP contribution in [0.5, 0.6) is 0 Å². The van der Waals surface area contributed by atoms with Gasteiger partial charge in [0, 0.05) is 28.3 Å². The van der Waals surface area contributed by atoms with Gasteiger partial charge in [-0.15, -0.1) is 0 Å². The van der Waals surface area contributed by atoms with Crippen LogP contribution in [0, 0.1) is 0 Å². The van der Waals surface area contributed by atoms with Crippen molar-refractivity contribution < 1.29 is 4.79 Å². The number of rotatable bonds is 3. The molecule has 0 bridgehead atoms. The molecule has 3 N–H and O–H groups in total. The van der Waals surface area contributed by atoms with Gasteiger partial charge < -0.3 is 16.0 Å². The third kappa shape index (κ3) is 4.05. The predicted molar refractivity (Wildman–Crippen MR) is 74.5 cm³/mol. The van der Waals surface area contributed by atoms with Crippen LogP contribution in [0.1, 0.15) is 12.8 Å². The molecule has 1 aromatic rings. The summed E-state index contributed by atoms with van der Waals surface area (Å²) < 4.78 is 0. The van der Waals surface area contributed by atoms with Crippen LogP contribution in [-0.4, -0.2) is 25.2 Å². The molecule has 0 radical (unpaired) electrons. The van der Waals surface area contributed by atoms with E-state index < -0.39 is 0 Å². The highest BCUT2D eigenvalue weighted by atomic mass is 35.5. The topological polar surface area (TPSA) is 53.2 Å². The first-order valence-electron chi connectivity index (χ1n) is 5.88. The van der Waals surface area contributed by atoms with Crippen molar-refractivity contribution in [2.24, 2.45) is 0 Å². The molecule has 1 aliphatic heterocycles. The Labute approximate surface area is 116 Å². The van der Waals surface area contributed by atoms with Crippen LogP contribution in [0.25, 0.3) is 0 Å². The maximum absolute atomic E-state index is 11.7. The number of benzene rings is 1. The molecule has 2 amide bonds. The molecule has 2 rings (SSSR count). The number of urea groups is 1. The van der Waals surface area contributed by atoms with Crippen LogP contribution in [0.15, 0.2) is 18.2 Å². The van der Waals surface area contributed by atoms with Crippen LogP contribution in [-0.2, 0) is 0 Å². The molecular formula is C12H15Cl2N3O. The first-order chi connectivity index (χ1) is 8.63. The summed E-state index contributed by atoms with van der Waals surface area (Å²) in [7, 11) is 0. The Morgan fingerprint density at radius 2 is 2.06 bits per heavy atom. The zero-order valence-corrected chi connectivity index (χ0v) is 11.3. The molecule has 1 atom stereocenters. The van der Waals surface area contributed by atoms with Crippen LogP contribution in [0.3, 0.4) is 0 Å². The summed E-state index contributed by atoms with van der Waals surface area (Å²) in [5.74, 6) is 0. The Bertz CT molecular complexity index is 413. The second kappa shape index (κ2) is 6.27. The number of carbonyl (C=O) groups is 1. The molecule has 1 heterocycles. The number of amides is 2. The fourth-order valence-corrected chi connectivity index (χ4v) is 2.47. The summed E-state index contributed by atoms with van der Waals surface area (Å²) in [5, 5.41) is 9.81. The zero-order chi connectivity index (χ0) is 13.0. The fourth-order valence-electron chi connectivity index (χ4n) is 1.95. The number of carbonyl (C=O) groups excluding carboxylic acids is 1. The third-order valence-corrected chi connectivity index (χ3v) is 3.23. The fraction of sp³-hybridized carbons (Fsp3) is 0.417. The maximum Gasteiger partial charge on any atom is 0.319 e. The van der Waals surface area contributed by atoms with Crippen LogP contribution in [0.2, 0.25) is 10.0 Å². The van der Waals surface area contributed by atoms with E-state index in [4.69, 9.17) is 23.2 Å². The van der Waals surface area contributed by atoms with E-state index in [1.807, 2.05) is 0 Å². The largest absolute Gasteiger partial charge is 0.336 e. The summed E-state index contributed by atoms with van der Waals surface area (Å²) in [6, 6.07) is 5.05. The third-order valence-electron chi connectivity index (χ3n) is 2.79. The second-order valence-corrected chi connectivity index (χ2v) is 5.16. The van der Waals surface area contributed by atoms with Gasteiger partial charge in [-0.2, -0.15) is 0 Å². The Balaban J connectivity index is 1.82. The van der Waals surface area contributed by atoms with E-state index >= 15 is 0 Å². The molecule has 6 heteroatoms. The van der Waals surface area contributed by atoms with E-state index in [9.17, 15) is 4.79 Å². The molecule has 1 saturated heterocycles. The first kappa shape index (κ1) is 13.5. The Morgan fingerprint density at radius 1 is 1.33 bits per heavy atom. The monoisotopic (exact) mass is 287 g/mol. The van der Waals surface area contributed by atoms with Crippen molar-refractivity contribution in [2.45, 2.75) is 18.9 Å². The first-order valence-corrected chi connectivity index (χ1v) is 6.63. The minimum absolute atomic E-state index is 0.248. The Kier molecular flexibility index (Phi) is 4.69. The molecule has 18 heavy (non-hydrogen) atoms. The van der Waals surface area contributed by atoms with Gasteiger partial charge >= 0.3 is 6.03 Å². The highest BCUT2D eigenvalue weighted by Gasteiger charge is 2.14. The predicted octanol–water partition coefficient (Wildman–Crippen LogP) is 2.87. The highest BCUT2D eigenvalue weighted by molar-refractivity contribution is 6.35. The normalized spacial score (nSPS) is 18.7. The molecule has 1 unspecified atom stereocenters. The molecular weight excluding hydrogens is 273 g/mol. The molecule has 1 fully saturated rings. The van der Waals surface area contributed by atoms with E-state index in [0.29, 0.717) is 28.3 Å². The van der Waals surface area contributed by atoms with Crippen molar-refractivity contribution in [3.8, 4) is 0 Å². The number of nitrogens with one attached hydrogen (secondary N) is 3. The molecule has 1 aromatic carbocycles. The molecule has 0 aliphatic carbocycles. The Morgan fingerprint density at radius 3 is 2.67 bits per heavy atom. The van der Waals surface area contributed by atoms with Gasteiger partial charge in [-0.25, -0.2) is 4.79 Å². The summed E-state index contributed by atoms with van der Waals surface area (Å²) >= 11 is 11.7. The van der Waals surface area contributed by atoms with Gasteiger partial charge in [0.2, 0.25) is 0 Å². The van der Waals surface area contributed by atoms with E-state index in [2.05, 4.69) is 16.0 Å². The van der Waals surface area contributed by atoms with Crippen molar-refractivity contribution >= 4 is 34.9 Å². The summed E-state index contributed by atoms with van der Waals surface area (Å²) in [6.45, 7) is 1.65. The van der Waals surface area contributed by atoms with Gasteiger partial charge in [-0.05, 0) is 37.6 Å². The van der Waals surface area contributed by atoms with Crippen molar-refractivity contribution in [3.63, 3.8) is 0 Å². The summed E-state index contributed by atoms with van der Waals surface area (Å²) in [5.41, 5.74) is 0.587. The average Bonchev–Trinajstić information content (AvgIpc) is 2.77. The van der Waals surface area contributed by atoms with Crippen molar-refractivity contribution in [3.05, 3.63) is 28.2 Å². The van der Waals surface area contributed by atoms with Gasteiger partial charge in [0.05, 0.1) is 0 Å². The minimum atomic E-state index is -0.248. The summed E-state index contributed by atoms with van der Waals surface area (Å²) in [4.78, 5) is 11.7. The van der Waals surface area contributed by atoms with Gasteiger partial charge in [0.25, 0.3) is 0 Å². The van der Waals surface area contributed by atoms with Gasteiger partial charge in [-0.3, -0.25) is 0 Å². The SMILES string of the molecule is O=C(NCC1CCCN1)Nc1cc(Cl)cc(Cl)c1. The maximum atomic E-state index is 11.7. The molecule has 1 aliphatic rings. The summed E-state index contributed by atoms with van der Waals surface area (Å²) in [6.07, 6.45) is 2.27. The van der Waals surface area contributed by atoms with Gasteiger partial charge in [-0.1, -0.05) is 23.2 Å².